The van der Waals surface area contributed by atoms with Gasteiger partial charge in [0.2, 0.25) is 0 Å². The standard InChI is InChI=1S/C19H24N2O3S.C19H24N2OS/c1-13-5-6-14(17(9-13)23-3)11-20-19(25)21-12-15-7-8-16(22-2)10-18(15)24-4;1-14-9-10-18(22-3)17(13-14)11-12-20-19(23)21-15(2)16-7-5-4-6-8-16/h5-10H,11-12H2,1-4H3,(H2,20,21,25);4-10,13,15H,11-12H2,1-3H3,(H2,20,21,23). The summed E-state index contributed by atoms with van der Waals surface area (Å²) in [4.78, 5) is 0. The molecule has 0 aromatic heterocycles. The second-order valence-electron chi connectivity index (χ2n) is 11.1. The second kappa shape index (κ2) is 20.0. The smallest absolute Gasteiger partial charge is 0.166 e. The van der Waals surface area contributed by atoms with Gasteiger partial charge in [-0.3, -0.25) is 0 Å². The Morgan fingerprint density at radius 1 is 0.604 bits per heavy atom. The summed E-state index contributed by atoms with van der Waals surface area (Å²) in [6.45, 7) is 8.15. The van der Waals surface area contributed by atoms with Crippen molar-refractivity contribution in [2.45, 2.75) is 46.3 Å². The third-order valence-electron chi connectivity index (χ3n) is 7.58. The normalized spacial score (nSPS) is 10.8. The van der Waals surface area contributed by atoms with Gasteiger partial charge in [-0.1, -0.05) is 60.2 Å². The van der Waals surface area contributed by atoms with Gasteiger partial charge in [-0.05, 0) is 92.6 Å². The summed E-state index contributed by atoms with van der Waals surface area (Å²) in [7, 11) is 6.64. The molecule has 0 spiro atoms. The maximum absolute atomic E-state index is 5.41. The Labute approximate surface area is 296 Å². The van der Waals surface area contributed by atoms with E-state index >= 15 is 0 Å². The van der Waals surface area contributed by atoms with E-state index < -0.39 is 0 Å². The number of aryl methyl sites for hydroxylation is 2. The molecule has 0 amide bonds. The first kappa shape index (κ1) is 37.9. The van der Waals surface area contributed by atoms with Gasteiger partial charge in [-0.2, -0.15) is 0 Å². The largest absolute Gasteiger partial charge is 0.497 e. The van der Waals surface area contributed by atoms with Gasteiger partial charge in [0.1, 0.15) is 23.0 Å². The molecule has 0 fully saturated rings. The van der Waals surface area contributed by atoms with Crippen LogP contribution in [0.15, 0.2) is 84.9 Å². The van der Waals surface area contributed by atoms with Crippen molar-refractivity contribution in [3.63, 3.8) is 0 Å². The molecule has 0 radical (unpaired) electrons. The van der Waals surface area contributed by atoms with Gasteiger partial charge in [-0.15, -0.1) is 0 Å². The molecule has 0 aliphatic heterocycles. The van der Waals surface area contributed by atoms with Crippen LogP contribution < -0.4 is 40.2 Å². The topological polar surface area (TPSA) is 85.0 Å². The van der Waals surface area contributed by atoms with E-state index in [1.165, 1.54) is 16.7 Å². The molecule has 256 valence electrons. The molecule has 8 nitrogen and oxygen atoms in total. The lowest BCUT2D eigenvalue weighted by molar-refractivity contribution is 0.390. The van der Waals surface area contributed by atoms with E-state index in [0.717, 1.165) is 52.7 Å². The van der Waals surface area contributed by atoms with Crippen molar-refractivity contribution in [3.8, 4) is 23.0 Å². The zero-order valence-corrected chi connectivity index (χ0v) is 30.6. The Bertz CT molecular complexity index is 1620. The average Bonchev–Trinajstić information content (AvgIpc) is 3.10. The number of benzene rings is 4. The zero-order chi connectivity index (χ0) is 34.9. The summed E-state index contributed by atoms with van der Waals surface area (Å²) in [6.07, 6.45) is 0.867. The highest BCUT2D eigenvalue weighted by Crippen LogP contribution is 2.24. The van der Waals surface area contributed by atoms with Crippen molar-refractivity contribution in [2.75, 3.05) is 35.0 Å². The quantitative estimate of drug-likeness (QED) is 0.111. The van der Waals surface area contributed by atoms with Gasteiger partial charge >= 0.3 is 0 Å². The highest BCUT2D eigenvalue weighted by atomic mass is 32.1. The molecule has 0 aliphatic carbocycles. The number of rotatable bonds is 13. The molecule has 0 aliphatic rings. The van der Waals surface area contributed by atoms with Crippen molar-refractivity contribution in [3.05, 3.63) is 118 Å². The van der Waals surface area contributed by atoms with Crippen LogP contribution in [0, 0.1) is 13.8 Å². The molecule has 4 aromatic rings. The fraction of sp³-hybridized carbons (Fsp3) is 0.316. The molecule has 4 N–H and O–H groups in total. The Morgan fingerprint density at radius 3 is 1.81 bits per heavy atom. The minimum atomic E-state index is 0.185. The third-order valence-corrected chi connectivity index (χ3v) is 8.13. The van der Waals surface area contributed by atoms with Crippen LogP contribution in [0.1, 0.15) is 46.3 Å². The first-order valence-corrected chi connectivity index (χ1v) is 16.6. The molecule has 0 saturated heterocycles. The third kappa shape index (κ3) is 12.2. The number of ether oxygens (including phenoxy) is 4. The number of thiocarbonyl (C=S) groups is 2. The van der Waals surface area contributed by atoms with Crippen LogP contribution in [-0.4, -0.2) is 45.2 Å². The minimum Gasteiger partial charge on any atom is -0.497 e. The fourth-order valence-corrected chi connectivity index (χ4v) is 5.32. The van der Waals surface area contributed by atoms with E-state index in [-0.39, 0.29) is 6.04 Å². The van der Waals surface area contributed by atoms with Crippen molar-refractivity contribution in [1.82, 2.24) is 21.3 Å². The summed E-state index contributed by atoms with van der Waals surface area (Å²) in [5.74, 6) is 3.30. The van der Waals surface area contributed by atoms with Crippen molar-refractivity contribution >= 4 is 34.7 Å². The molecule has 48 heavy (non-hydrogen) atoms. The molecule has 0 saturated carbocycles. The average molecular weight is 689 g/mol. The van der Waals surface area contributed by atoms with Crippen LogP contribution in [0.3, 0.4) is 0 Å². The van der Waals surface area contributed by atoms with Crippen molar-refractivity contribution in [2.24, 2.45) is 0 Å². The van der Waals surface area contributed by atoms with Crippen molar-refractivity contribution in [1.29, 1.82) is 0 Å². The Balaban J connectivity index is 0.000000261. The summed E-state index contributed by atoms with van der Waals surface area (Å²) in [6, 6.07) is 28.5. The number of nitrogens with one attached hydrogen (secondary N) is 4. The lowest BCUT2D eigenvalue weighted by Gasteiger charge is -2.17. The van der Waals surface area contributed by atoms with Gasteiger partial charge in [0.15, 0.2) is 10.2 Å². The molecule has 0 heterocycles. The monoisotopic (exact) mass is 688 g/mol. The van der Waals surface area contributed by atoms with Crippen LogP contribution in [0.25, 0.3) is 0 Å². The molecule has 10 heteroatoms. The molecule has 1 unspecified atom stereocenters. The van der Waals surface area contributed by atoms with Crippen LogP contribution in [0.4, 0.5) is 0 Å². The van der Waals surface area contributed by atoms with Crippen LogP contribution in [-0.2, 0) is 19.5 Å². The summed E-state index contributed by atoms with van der Waals surface area (Å²) in [5, 5.41) is 14.2. The molecular weight excluding hydrogens is 641 g/mol. The van der Waals surface area contributed by atoms with Crippen LogP contribution >= 0.6 is 24.4 Å². The highest BCUT2D eigenvalue weighted by molar-refractivity contribution is 7.80. The van der Waals surface area contributed by atoms with E-state index in [1.807, 2.05) is 61.5 Å². The van der Waals surface area contributed by atoms with E-state index in [2.05, 4.69) is 65.4 Å². The Kier molecular flexibility index (Phi) is 15.8. The fourth-order valence-electron chi connectivity index (χ4n) is 4.90. The lowest BCUT2D eigenvalue weighted by Crippen LogP contribution is -2.37. The maximum atomic E-state index is 5.41. The SMILES string of the molecule is COc1ccc(C)cc1CCNC(=S)NC(C)c1ccccc1.COc1ccc(CNC(=S)NCc2ccc(C)cc2OC)c(OC)c1. The molecular formula is C38H48N4O4S2. The lowest BCUT2D eigenvalue weighted by atomic mass is 10.1. The maximum Gasteiger partial charge on any atom is 0.166 e. The van der Waals surface area contributed by atoms with E-state index in [9.17, 15) is 0 Å². The highest BCUT2D eigenvalue weighted by Gasteiger charge is 2.09. The summed E-state index contributed by atoms with van der Waals surface area (Å²) < 4.78 is 21.4. The first-order chi connectivity index (χ1) is 23.2. The van der Waals surface area contributed by atoms with Gasteiger partial charge in [0.25, 0.3) is 0 Å². The predicted octanol–water partition coefficient (Wildman–Crippen LogP) is 6.96. The summed E-state index contributed by atoms with van der Waals surface area (Å²) in [5.41, 5.74) is 6.86. The number of hydrogen-bond acceptors (Lipinski definition) is 6. The first-order valence-electron chi connectivity index (χ1n) is 15.8. The number of hydrogen-bond donors (Lipinski definition) is 4. The van der Waals surface area contributed by atoms with Crippen LogP contribution in [0.5, 0.6) is 23.0 Å². The van der Waals surface area contributed by atoms with Gasteiger partial charge < -0.3 is 40.2 Å². The predicted molar refractivity (Wildman–Crippen MR) is 204 cm³/mol. The van der Waals surface area contributed by atoms with E-state index in [1.54, 1.807) is 28.4 Å². The molecule has 0 bridgehead atoms. The van der Waals surface area contributed by atoms with E-state index in [4.69, 9.17) is 43.4 Å². The zero-order valence-electron chi connectivity index (χ0n) is 28.9. The van der Waals surface area contributed by atoms with Gasteiger partial charge in [0.05, 0.1) is 34.5 Å². The minimum absolute atomic E-state index is 0.185. The Morgan fingerprint density at radius 2 is 1.19 bits per heavy atom. The van der Waals surface area contributed by atoms with E-state index in [0.29, 0.717) is 23.3 Å². The molecule has 4 rings (SSSR count). The molecule has 1 atom stereocenters. The molecule has 4 aromatic carbocycles. The van der Waals surface area contributed by atoms with Gasteiger partial charge in [-0.25, -0.2) is 0 Å². The van der Waals surface area contributed by atoms with Gasteiger partial charge in [0, 0.05) is 36.8 Å². The number of methoxy groups -OCH3 is 4. The Hall–Kier alpha value is -4.54. The van der Waals surface area contributed by atoms with Crippen LogP contribution in [0.2, 0.25) is 0 Å². The van der Waals surface area contributed by atoms with Crippen molar-refractivity contribution < 1.29 is 18.9 Å². The summed E-state index contributed by atoms with van der Waals surface area (Å²) >= 11 is 10.7. The second-order valence-corrected chi connectivity index (χ2v) is 11.9.